The number of carbonyl (C=O) groups excluding carboxylic acids is 2. The SMILES string of the molecule is CC(C)CCC[C@@H](C)C1CC[C@H]2[C@]3(C)CC=C4C[C@@H](NC(=O)CNC(=O)CCC(=O)O)CC[C@]4(C)[C@H]3CC[C@]12C. The second-order valence-electron chi connectivity index (χ2n) is 15.2. The van der Waals surface area contributed by atoms with Crippen molar-refractivity contribution in [2.24, 2.45) is 45.8 Å². The summed E-state index contributed by atoms with van der Waals surface area (Å²) in [6.07, 6.45) is 16.0. The number of fused-ring (bicyclic) bond motifs is 5. The molecule has 4 aliphatic rings. The van der Waals surface area contributed by atoms with E-state index in [1.807, 2.05) is 0 Å². The molecule has 6 heteroatoms. The average molecular weight is 557 g/mol. The second kappa shape index (κ2) is 12.2. The zero-order valence-electron chi connectivity index (χ0n) is 26.1. The summed E-state index contributed by atoms with van der Waals surface area (Å²) in [5, 5.41) is 14.4. The van der Waals surface area contributed by atoms with Gasteiger partial charge in [-0.3, -0.25) is 14.4 Å². The van der Waals surface area contributed by atoms with Gasteiger partial charge in [-0.15, -0.1) is 0 Å². The summed E-state index contributed by atoms with van der Waals surface area (Å²) >= 11 is 0. The Morgan fingerprint density at radius 2 is 1.68 bits per heavy atom. The quantitative estimate of drug-likeness (QED) is 0.242. The number of nitrogens with one attached hydrogen (secondary N) is 2. The molecule has 226 valence electrons. The van der Waals surface area contributed by atoms with Crippen LogP contribution in [0.3, 0.4) is 0 Å². The molecule has 1 unspecified atom stereocenters. The van der Waals surface area contributed by atoms with E-state index >= 15 is 0 Å². The van der Waals surface area contributed by atoms with Crippen LogP contribution in [0.25, 0.3) is 0 Å². The molecule has 40 heavy (non-hydrogen) atoms. The summed E-state index contributed by atoms with van der Waals surface area (Å²) in [5.41, 5.74) is 2.57. The highest BCUT2D eigenvalue weighted by Gasteiger charge is 2.63. The van der Waals surface area contributed by atoms with Gasteiger partial charge in [0.25, 0.3) is 0 Å². The zero-order valence-corrected chi connectivity index (χ0v) is 26.1. The zero-order chi connectivity index (χ0) is 29.3. The number of carbonyl (C=O) groups is 3. The van der Waals surface area contributed by atoms with Crippen molar-refractivity contribution in [3.05, 3.63) is 11.6 Å². The molecule has 0 aliphatic heterocycles. The fourth-order valence-corrected chi connectivity index (χ4v) is 10.2. The summed E-state index contributed by atoms with van der Waals surface area (Å²) in [7, 11) is 0. The normalized spacial score (nSPS) is 37.5. The van der Waals surface area contributed by atoms with E-state index in [1.165, 1.54) is 50.5 Å². The van der Waals surface area contributed by atoms with E-state index in [0.717, 1.165) is 49.4 Å². The van der Waals surface area contributed by atoms with E-state index in [1.54, 1.807) is 0 Å². The van der Waals surface area contributed by atoms with E-state index in [9.17, 15) is 14.4 Å². The number of carboxylic acids is 1. The molecule has 0 spiro atoms. The average Bonchev–Trinajstić information content (AvgIpc) is 3.24. The first-order valence-corrected chi connectivity index (χ1v) is 16.3. The monoisotopic (exact) mass is 556 g/mol. The Kier molecular flexibility index (Phi) is 9.46. The highest BCUT2D eigenvalue weighted by Crippen LogP contribution is 2.71. The van der Waals surface area contributed by atoms with Crippen LogP contribution in [0.2, 0.25) is 0 Å². The van der Waals surface area contributed by atoms with Crippen molar-refractivity contribution in [1.82, 2.24) is 10.6 Å². The van der Waals surface area contributed by atoms with Crippen LogP contribution in [0.1, 0.15) is 125 Å². The molecule has 0 bridgehead atoms. The molecular formula is C34H56N2O4. The predicted molar refractivity (Wildman–Crippen MR) is 159 cm³/mol. The molecule has 3 saturated carbocycles. The number of allylic oxidation sites excluding steroid dienone is 1. The number of rotatable bonds is 11. The molecule has 2 amide bonds. The van der Waals surface area contributed by atoms with Crippen LogP contribution < -0.4 is 10.6 Å². The van der Waals surface area contributed by atoms with Crippen molar-refractivity contribution in [3.63, 3.8) is 0 Å². The first-order chi connectivity index (χ1) is 18.8. The minimum absolute atomic E-state index is 0.0940. The van der Waals surface area contributed by atoms with E-state index < -0.39 is 11.9 Å². The van der Waals surface area contributed by atoms with Gasteiger partial charge < -0.3 is 15.7 Å². The van der Waals surface area contributed by atoms with Gasteiger partial charge in [-0.2, -0.15) is 0 Å². The first kappa shape index (κ1) is 31.1. The number of hydrogen-bond donors (Lipinski definition) is 3. The fraction of sp³-hybridized carbons (Fsp3) is 0.853. The summed E-state index contributed by atoms with van der Waals surface area (Å²) in [4.78, 5) is 35.0. The standard InChI is InChI=1S/C34H56N2O4/c1-22(2)8-7-9-23(3)26-10-11-27-33(26,5)19-16-28-32(4)18-15-25(20-24(32)14-17-34(27,28)6)36-30(38)21-35-29(37)12-13-31(39)40/h14,22-23,25-28H,7-13,15-21H2,1-6H3,(H,35,37)(H,36,38)(H,39,40)/t23-,25+,26?,27-,28-,32+,33-,34+/m1/s1. The first-order valence-electron chi connectivity index (χ1n) is 16.3. The van der Waals surface area contributed by atoms with Crippen molar-refractivity contribution in [2.45, 2.75) is 131 Å². The Morgan fingerprint density at radius 3 is 2.38 bits per heavy atom. The van der Waals surface area contributed by atoms with Crippen molar-refractivity contribution in [3.8, 4) is 0 Å². The molecule has 0 aromatic heterocycles. The van der Waals surface area contributed by atoms with Gasteiger partial charge in [0.05, 0.1) is 13.0 Å². The van der Waals surface area contributed by atoms with E-state index in [4.69, 9.17) is 5.11 Å². The van der Waals surface area contributed by atoms with Gasteiger partial charge in [0, 0.05) is 12.5 Å². The Bertz CT molecular complexity index is 990. The summed E-state index contributed by atoms with van der Waals surface area (Å²) in [5.74, 6) is 2.39. The van der Waals surface area contributed by atoms with Crippen molar-refractivity contribution in [2.75, 3.05) is 6.54 Å². The topological polar surface area (TPSA) is 95.5 Å². The largest absolute Gasteiger partial charge is 0.481 e. The fourth-order valence-electron chi connectivity index (χ4n) is 10.2. The van der Waals surface area contributed by atoms with Crippen LogP contribution in [0.4, 0.5) is 0 Å². The second-order valence-corrected chi connectivity index (χ2v) is 15.2. The lowest BCUT2D eigenvalue weighted by molar-refractivity contribution is -0.138. The predicted octanol–water partition coefficient (Wildman–Crippen LogP) is 6.88. The highest BCUT2D eigenvalue weighted by atomic mass is 16.4. The van der Waals surface area contributed by atoms with E-state index in [0.29, 0.717) is 16.7 Å². The van der Waals surface area contributed by atoms with Crippen LogP contribution >= 0.6 is 0 Å². The Hall–Kier alpha value is -1.85. The molecular weight excluding hydrogens is 500 g/mol. The molecule has 4 aliphatic carbocycles. The van der Waals surface area contributed by atoms with Gasteiger partial charge >= 0.3 is 5.97 Å². The third-order valence-corrected chi connectivity index (χ3v) is 12.2. The van der Waals surface area contributed by atoms with Crippen LogP contribution in [-0.2, 0) is 14.4 Å². The van der Waals surface area contributed by atoms with Crippen molar-refractivity contribution >= 4 is 17.8 Å². The lowest BCUT2D eigenvalue weighted by atomic mass is 9.41. The maximum absolute atomic E-state index is 12.6. The number of carboxylic acid groups (broad SMARTS) is 1. The van der Waals surface area contributed by atoms with Crippen LogP contribution in [0.5, 0.6) is 0 Å². The molecule has 3 fully saturated rings. The van der Waals surface area contributed by atoms with Gasteiger partial charge in [-0.1, -0.05) is 72.5 Å². The lowest BCUT2D eigenvalue weighted by Crippen LogP contribution is -2.57. The molecule has 4 rings (SSSR count). The number of aliphatic carboxylic acids is 1. The van der Waals surface area contributed by atoms with Crippen molar-refractivity contribution in [1.29, 1.82) is 0 Å². The molecule has 0 saturated heterocycles. The van der Waals surface area contributed by atoms with Crippen molar-refractivity contribution < 1.29 is 19.5 Å². The minimum Gasteiger partial charge on any atom is -0.481 e. The van der Waals surface area contributed by atoms with Gasteiger partial charge in [-0.25, -0.2) is 0 Å². The number of amides is 2. The number of hydrogen-bond acceptors (Lipinski definition) is 3. The Labute approximate surface area is 242 Å². The van der Waals surface area contributed by atoms with Gasteiger partial charge in [0.15, 0.2) is 0 Å². The van der Waals surface area contributed by atoms with Gasteiger partial charge in [0.2, 0.25) is 11.8 Å². The van der Waals surface area contributed by atoms with E-state index in [-0.39, 0.29) is 36.8 Å². The minimum atomic E-state index is -1.01. The summed E-state index contributed by atoms with van der Waals surface area (Å²) in [6.45, 7) is 15.0. The molecule has 3 N–H and O–H groups in total. The Balaban J connectivity index is 1.37. The third-order valence-electron chi connectivity index (χ3n) is 12.2. The van der Waals surface area contributed by atoms with Gasteiger partial charge in [0.1, 0.15) is 0 Å². The van der Waals surface area contributed by atoms with Crippen LogP contribution in [0, 0.1) is 45.8 Å². The summed E-state index contributed by atoms with van der Waals surface area (Å²) in [6, 6.07) is 0.100. The summed E-state index contributed by atoms with van der Waals surface area (Å²) < 4.78 is 0. The highest BCUT2D eigenvalue weighted by molar-refractivity contribution is 5.86. The smallest absolute Gasteiger partial charge is 0.303 e. The third kappa shape index (κ3) is 6.16. The molecule has 0 heterocycles. The maximum atomic E-state index is 12.6. The van der Waals surface area contributed by atoms with Gasteiger partial charge in [-0.05, 0) is 97.2 Å². The maximum Gasteiger partial charge on any atom is 0.303 e. The molecule has 0 radical (unpaired) electrons. The van der Waals surface area contributed by atoms with E-state index in [2.05, 4.69) is 58.3 Å². The van der Waals surface area contributed by atoms with Crippen LogP contribution in [-0.4, -0.2) is 35.5 Å². The molecule has 6 nitrogen and oxygen atoms in total. The molecule has 8 atom stereocenters. The van der Waals surface area contributed by atoms with Crippen LogP contribution in [0.15, 0.2) is 11.6 Å². The molecule has 0 aromatic rings. The lowest BCUT2D eigenvalue weighted by Gasteiger charge is -2.63. The molecule has 0 aromatic carbocycles. The Morgan fingerprint density at radius 1 is 0.925 bits per heavy atom.